The highest BCUT2D eigenvalue weighted by Crippen LogP contribution is 2.41. The van der Waals surface area contributed by atoms with Crippen LogP contribution in [0.25, 0.3) is 16.3 Å². The van der Waals surface area contributed by atoms with Crippen molar-refractivity contribution in [3.05, 3.63) is 66.6 Å². The highest BCUT2D eigenvalue weighted by molar-refractivity contribution is 7.33. The van der Waals surface area contributed by atoms with Gasteiger partial charge in [-0.15, -0.1) is 4.52 Å². The zero-order chi connectivity index (χ0) is 23.2. The average Bonchev–Trinajstić information content (AvgIpc) is 3.35. The zero-order valence-corrected chi connectivity index (χ0v) is 18.5. The minimum absolute atomic E-state index is 0.256. The molecule has 0 amide bonds. The predicted octanol–water partition coefficient (Wildman–Crippen LogP) is 2.55. The van der Waals surface area contributed by atoms with Crippen LogP contribution >= 0.6 is 8.25 Å². The van der Waals surface area contributed by atoms with Crippen LogP contribution in [0.15, 0.2) is 60.9 Å². The topological polar surface area (TPSA) is 141 Å². The molecule has 2 aromatic heterocycles. The molecule has 10 nitrogen and oxygen atoms in total. The van der Waals surface area contributed by atoms with Gasteiger partial charge >= 0.3 is 8.25 Å². The van der Waals surface area contributed by atoms with Gasteiger partial charge in [-0.05, 0) is 30.5 Å². The van der Waals surface area contributed by atoms with Crippen molar-refractivity contribution in [3.8, 4) is 5.75 Å². The lowest BCUT2D eigenvalue weighted by Gasteiger charge is -2.27. The molecular formula is C22H22N4O6P+. The van der Waals surface area contributed by atoms with Crippen molar-refractivity contribution in [2.75, 3.05) is 12.3 Å². The summed E-state index contributed by atoms with van der Waals surface area (Å²) in [6.07, 6.45) is -2.24. The predicted molar refractivity (Wildman–Crippen MR) is 120 cm³/mol. The molecule has 1 unspecified atom stereocenters. The van der Waals surface area contributed by atoms with Crippen LogP contribution in [0.3, 0.4) is 0 Å². The van der Waals surface area contributed by atoms with E-state index in [1.165, 1.54) is 10.8 Å². The molecule has 1 aliphatic rings. The fourth-order valence-electron chi connectivity index (χ4n) is 4.17. The highest BCUT2D eigenvalue weighted by atomic mass is 31.1. The number of aromatic nitrogens is 3. The van der Waals surface area contributed by atoms with Crippen LogP contribution in [0.4, 0.5) is 5.82 Å². The summed E-state index contributed by atoms with van der Waals surface area (Å²) in [7, 11) is -2.55. The lowest BCUT2D eigenvalue weighted by molar-refractivity contribution is -0.0867. The number of aliphatic hydroxyl groups is 2. The largest absolute Gasteiger partial charge is 0.750 e. The number of fused-ring (bicyclic) bond motifs is 2. The molecule has 170 valence electrons. The summed E-state index contributed by atoms with van der Waals surface area (Å²) in [6.45, 7) is 1.38. The molecule has 3 heterocycles. The van der Waals surface area contributed by atoms with Gasteiger partial charge in [-0.3, -0.25) is 0 Å². The van der Waals surface area contributed by atoms with Crippen LogP contribution in [0.1, 0.15) is 12.6 Å². The van der Waals surface area contributed by atoms with Crippen molar-refractivity contribution in [1.29, 1.82) is 0 Å². The van der Waals surface area contributed by atoms with E-state index in [0.29, 0.717) is 17.0 Å². The minimum Gasteiger partial charge on any atom is -0.387 e. The van der Waals surface area contributed by atoms with E-state index in [1.807, 2.05) is 30.3 Å². The zero-order valence-electron chi connectivity index (χ0n) is 17.6. The third-order valence-corrected chi connectivity index (χ3v) is 6.63. The van der Waals surface area contributed by atoms with Crippen molar-refractivity contribution >= 4 is 30.4 Å². The van der Waals surface area contributed by atoms with Gasteiger partial charge in [-0.1, -0.05) is 36.4 Å². The van der Waals surface area contributed by atoms with Gasteiger partial charge in [0.25, 0.3) is 0 Å². The van der Waals surface area contributed by atoms with Gasteiger partial charge in [0, 0.05) is 9.95 Å². The van der Waals surface area contributed by atoms with E-state index in [0.717, 1.165) is 10.8 Å². The van der Waals surface area contributed by atoms with Gasteiger partial charge in [0.1, 0.15) is 42.4 Å². The Hall–Kier alpha value is -3.14. The van der Waals surface area contributed by atoms with E-state index in [-0.39, 0.29) is 12.4 Å². The summed E-state index contributed by atoms with van der Waals surface area (Å²) in [5, 5.41) is 27.3. The Morgan fingerprint density at radius 2 is 1.97 bits per heavy atom. The van der Waals surface area contributed by atoms with Crippen LogP contribution < -0.4 is 10.3 Å². The average molecular weight is 469 g/mol. The highest BCUT2D eigenvalue weighted by Gasteiger charge is 2.54. The van der Waals surface area contributed by atoms with Crippen molar-refractivity contribution < 1.29 is 28.6 Å². The third kappa shape index (κ3) is 3.72. The van der Waals surface area contributed by atoms with Crippen LogP contribution in [0.5, 0.6) is 5.75 Å². The lowest BCUT2D eigenvalue weighted by Crippen LogP contribution is -2.39. The summed E-state index contributed by atoms with van der Waals surface area (Å²) < 4.78 is 30.8. The maximum Gasteiger partial charge on any atom is 0.750 e. The molecule has 4 N–H and O–H groups in total. The first kappa shape index (κ1) is 21.7. The van der Waals surface area contributed by atoms with E-state index >= 15 is 0 Å². The molecular weight excluding hydrogens is 447 g/mol. The van der Waals surface area contributed by atoms with Gasteiger partial charge in [-0.2, -0.15) is 5.10 Å². The van der Waals surface area contributed by atoms with Crippen LogP contribution in [-0.4, -0.2) is 49.7 Å². The van der Waals surface area contributed by atoms with Crippen molar-refractivity contribution in [3.63, 3.8) is 0 Å². The number of nitrogens with two attached hydrogens (primary N) is 1. The van der Waals surface area contributed by atoms with Gasteiger partial charge in [0.15, 0.2) is 11.6 Å². The van der Waals surface area contributed by atoms with Crippen molar-refractivity contribution in [1.82, 2.24) is 14.6 Å². The number of nitrogen functional groups attached to an aromatic ring is 1. The van der Waals surface area contributed by atoms with Crippen LogP contribution in [-0.2, 0) is 19.4 Å². The number of aliphatic hydroxyl groups excluding tert-OH is 2. The van der Waals surface area contributed by atoms with Crippen LogP contribution in [0, 0.1) is 0 Å². The molecule has 5 atom stereocenters. The second kappa shape index (κ2) is 8.33. The summed E-state index contributed by atoms with van der Waals surface area (Å²) in [5.74, 6) is 0.694. The SMILES string of the molecule is C[C@@]1(c2ccc3c(N)ncnn23)O[C@H](CO[P+](=O)Oc2cccc3ccccc23)[C@@H](O)[C@H]1O. The molecule has 4 aromatic rings. The monoisotopic (exact) mass is 469 g/mol. The molecule has 0 spiro atoms. The van der Waals surface area contributed by atoms with E-state index in [4.69, 9.17) is 19.5 Å². The Bertz CT molecular complexity index is 1340. The summed E-state index contributed by atoms with van der Waals surface area (Å²) in [6, 6.07) is 16.4. The first-order valence-electron chi connectivity index (χ1n) is 10.3. The molecule has 0 radical (unpaired) electrons. The number of anilines is 1. The molecule has 0 bridgehead atoms. The maximum atomic E-state index is 12.5. The van der Waals surface area contributed by atoms with E-state index in [9.17, 15) is 14.8 Å². The van der Waals surface area contributed by atoms with Gasteiger partial charge in [0.2, 0.25) is 0 Å². The molecule has 1 aliphatic heterocycles. The number of nitrogens with zero attached hydrogens (tertiary/aromatic N) is 3. The van der Waals surface area contributed by atoms with Gasteiger partial charge in [0.05, 0.1) is 5.69 Å². The molecule has 1 fully saturated rings. The molecule has 1 saturated heterocycles. The van der Waals surface area contributed by atoms with E-state index < -0.39 is 32.2 Å². The third-order valence-electron chi connectivity index (χ3n) is 5.92. The number of ether oxygens (including phenoxy) is 1. The molecule has 0 saturated carbocycles. The Morgan fingerprint density at radius 1 is 1.18 bits per heavy atom. The molecule has 11 heteroatoms. The maximum absolute atomic E-state index is 12.5. The fraction of sp³-hybridized carbons (Fsp3) is 0.273. The van der Waals surface area contributed by atoms with Crippen molar-refractivity contribution in [2.45, 2.75) is 30.8 Å². The molecule has 0 aliphatic carbocycles. The number of rotatable bonds is 6. The Kier molecular flexibility index (Phi) is 5.48. The molecule has 5 rings (SSSR count). The van der Waals surface area contributed by atoms with E-state index in [1.54, 1.807) is 31.2 Å². The Labute approximate surface area is 189 Å². The number of hydrogen-bond acceptors (Lipinski definition) is 9. The van der Waals surface area contributed by atoms with E-state index in [2.05, 4.69) is 10.1 Å². The Morgan fingerprint density at radius 3 is 2.82 bits per heavy atom. The summed E-state index contributed by atoms with van der Waals surface area (Å²) in [4.78, 5) is 3.95. The van der Waals surface area contributed by atoms with Crippen LogP contribution in [0.2, 0.25) is 0 Å². The number of benzene rings is 2. The standard InChI is InChI=1S/C22H22N4O6P/c1-22(18-10-9-15-21(23)24-12-25-26(15)18)20(28)19(27)17(31-22)11-30-33(29)32-16-8-4-6-13-5-2-3-7-14(13)16/h2-10,12,17,19-20,27-28H,11H2,1H3,(H2,23,24,25)/q+1/t17-,19-,20-,22+/m1/s1. The summed E-state index contributed by atoms with van der Waals surface area (Å²) in [5.41, 5.74) is 5.60. The second-order valence-corrected chi connectivity index (χ2v) is 8.84. The first-order valence-corrected chi connectivity index (χ1v) is 11.4. The first-order chi connectivity index (χ1) is 15.9. The lowest BCUT2D eigenvalue weighted by atomic mass is 9.93. The summed E-state index contributed by atoms with van der Waals surface area (Å²) >= 11 is 0. The normalized spacial score (nSPS) is 25.5. The minimum atomic E-state index is -2.55. The Balaban J connectivity index is 1.30. The molecule has 2 aromatic carbocycles. The smallest absolute Gasteiger partial charge is 0.387 e. The van der Waals surface area contributed by atoms with Gasteiger partial charge in [-0.25, -0.2) is 14.0 Å². The quantitative estimate of drug-likeness (QED) is 0.363. The van der Waals surface area contributed by atoms with Gasteiger partial charge < -0.3 is 20.7 Å². The number of hydrogen-bond donors (Lipinski definition) is 3. The fourth-order valence-corrected chi connectivity index (χ4v) is 4.81. The molecule has 33 heavy (non-hydrogen) atoms. The second-order valence-electron chi connectivity index (χ2n) is 7.95. The van der Waals surface area contributed by atoms with Crippen molar-refractivity contribution in [2.24, 2.45) is 0 Å².